The van der Waals surface area contributed by atoms with Crippen molar-refractivity contribution in [2.24, 2.45) is 0 Å². The third-order valence-corrected chi connectivity index (χ3v) is 8.13. The average molecular weight is 557 g/mol. The number of carbonyl (C=O) groups excluding carboxylic acids is 1. The lowest BCUT2D eigenvalue weighted by Gasteiger charge is -2.40. The molecule has 9 nitrogen and oxygen atoms in total. The highest BCUT2D eigenvalue weighted by atomic mass is 16.7. The minimum Gasteiger partial charge on any atom is -0.392 e. The number of aliphatic hydroxyl groups excluding tert-OH is 1. The largest absolute Gasteiger partial charge is 0.392 e. The number of amides is 1. The molecule has 3 N–H and O–H groups in total. The summed E-state index contributed by atoms with van der Waals surface area (Å²) in [6.45, 7) is 4.01. The number of para-hydroxylation sites is 2. The van der Waals surface area contributed by atoms with Crippen LogP contribution in [0.2, 0.25) is 0 Å². The first-order valence-electron chi connectivity index (χ1n) is 14.3. The standard InChI is InChI=1S/C32H36N4O5/c1-21(38)33-25-12-10-24(11-13-25)31-40-27(18-30(41-31)23-8-6-22(20-37)7-9-23)19-35-16-14-26(15-17-35)36-29-5-3-2-4-28(29)34-32(36)39/h2-13,26-27,30-31,37H,14-20H2,1H3,(H,33,38)(H,34,39)/t27-,30+,31+/m0/s1. The molecule has 0 unspecified atom stereocenters. The average Bonchev–Trinajstić information content (AvgIpc) is 3.33. The smallest absolute Gasteiger partial charge is 0.326 e. The number of rotatable bonds is 7. The fraction of sp³-hybridized carbons (Fsp3) is 0.375. The van der Waals surface area contributed by atoms with Gasteiger partial charge in [-0.05, 0) is 48.2 Å². The summed E-state index contributed by atoms with van der Waals surface area (Å²) in [5.41, 5.74) is 5.32. The molecule has 0 spiro atoms. The molecule has 0 saturated carbocycles. The van der Waals surface area contributed by atoms with Crippen molar-refractivity contribution in [3.63, 3.8) is 0 Å². The molecule has 3 atom stereocenters. The van der Waals surface area contributed by atoms with Crippen LogP contribution in [0.3, 0.4) is 0 Å². The van der Waals surface area contributed by atoms with Gasteiger partial charge in [0, 0.05) is 50.3 Å². The number of imidazole rings is 1. The number of piperidine rings is 1. The van der Waals surface area contributed by atoms with Gasteiger partial charge in [0.15, 0.2) is 6.29 Å². The first kappa shape index (κ1) is 27.4. The summed E-state index contributed by atoms with van der Waals surface area (Å²) in [7, 11) is 0. The summed E-state index contributed by atoms with van der Waals surface area (Å²) in [4.78, 5) is 29.6. The zero-order valence-corrected chi connectivity index (χ0v) is 23.2. The van der Waals surface area contributed by atoms with Gasteiger partial charge in [-0.1, -0.05) is 48.5 Å². The van der Waals surface area contributed by atoms with Crippen molar-refractivity contribution in [2.75, 3.05) is 25.0 Å². The van der Waals surface area contributed by atoms with E-state index in [1.165, 1.54) is 6.92 Å². The molecule has 2 fully saturated rings. The molecule has 1 amide bonds. The number of aliphatic hydroxyl groups is 1. The lowest BCUT2D eigenvalue weighted by atomic mass is 9.98. The van der Waals surface area contributed by atoms with Crippen LogP contribution < -0.4 is 11.0 Å². The summed E-state index contributed by atoms with van der Waals surface area (Å²) in [6.07, 6.45) is 1.73. The topological polar surface area (TPSA) is 109 Å². The number of fused-ring (bicyclic) bond motifs is 1. The van der Waals surface area contributed by atoms with Crippen LogP contribution in [-0.4, -0.2) is 51.2 Å². The fourth-order valence-electron chi connectivity index (χ4n) is 6.04. The van der Waals surface area contributed by atoms with E-state index in [0.717, 1.165) is 65.9 Å². The van der Waals surface area contributed by atoms with E-state index in [0.29, 0.717) is 6.42 Å². The summed E-state index contributed by atoms with van der Waals surface area (Å²) in [5, 5.41) is 12.3. The van der Waals surface area contributed by atoms with E-state index in [2.05, 4.69) is 15.2 Å². The Morgan fingerprint density at radius 1 is 0.976 bits per heavy atom. The monoisotopic (exact) mass is 556 g/mol. The van der Waals surface area contributed by atoms with E-state index >= 15 is 0 Å². The maximum absolute atomic E-state index is 12.7. The van der Waals surface area contributed by atoms with Crippen LogP contribution in [0, 0.1) is 0 Å². The Balaban J connectivity index is 1.16. The molecule has 6 rings (SSSR count). The van der Waals surface area contributed by atoms with Crippen LogP contribution in [0.15, 0.2) is 77.6 Å². The second kappa shape index (κ2) is 12.0. The lowest BCUT2D eigenvalue weighted by molar-refractivity contribution is -0.253. The van der Waals surface area contributed by atoms with Gasteiger partial charge in [0.05, 0.1) is 29.8 Å². The number of carbonyl (C=O) groups is 1. The number of likely N-dealkylation sites (tertiary alicyclic amines) is 1. The Hall–Kier alpha value is -3.76. The molecule has 214 valence electrons. The number of nitrogens with one attached hydrogen (secondary N) is 2. The third kappa shape index (κ3) is 6.13. The maximum atomic E-state index is 12.7. The van der Waals surface area contributed by atoms with Gasteiger partial charge in [0.1, 0.15) is 0 Å². The van der Waals surface area contributed by atoms with E-state index in [1.807, 2.05) is 77.4 Å². The predicted octanol–water partition coefficient (Wildman–Crippen LogP) is 4.66. The van der Waals surface area contributed by atoms with Crippen LogP contribution >= 0.6 is 0 Å². The quantitative estimate of drug-likeness (QED) is 0.306. The number of H-pyrrole nitrogens is 1. The van der Waals surface area contributed by atoms with E-state index in [1.54, 1.807) is 0 Å². The van der Waals surface area contributed by atoms with Gasteiger partial charge in [-0.15, -0.1) is 0 Å². The van der Waals surface area contributed by atoms with E-state index in [9.17, 15) is 14.7 Å². The highest BCUT2D eigenvalue weighted by Crippen LogP contribution is 2.39. The Bertz CT molecular complexity index is 1540. The number of hydrogen-bond acceptors (Lipinski definition) is 6. The Morgan fingerprint density at radius 2 is 1.68 bits per heavy atom. The van der Waals surface area contributed by atoms with E-state index in [-0.39, 0.29) is 36.5 Å². The molecule has 0 radical (unpaired) electrons. The molecule has 0 bridgehead atoms. The number of ether oxygens (including phenoxy) is 2. The summed E-state index contributed by atoms with van der Waals surface area (Å²) < 4.78 is 14.9. The molecule has 2 saturated heterocycles. The van der Waals surface area contributed by atoms with Gasteiger partial charge in [-0.3, -0.25) is 9.36 Å². The maximum Gasteiger partial charge on any atom is 0.326 e. The molecule has 0 aliphatic carbocycles. The fourth-order valence-corrected chi connectivity index (χ4v) is 6.04. The number of aromatic nitrogens is 2. The molecular weight excluding hydrogens is 520 g/mol. The first-order valence-corrected chi connectivity index (χ1v) is 14.3. The van der Waals surface area contributed by atoms with Crippen molar-refractivity contribution in [2.45, 2.75) is 57.3 Å². The number of hydrogen-bond donors (Lipinski definition) is 3. The lowest BCUT2D eigenvalue weighted by Crippen LogP contribution is -2.43. The molecule has 2 aliphatic heterocycles. The molecule has 9 heteroatoms. The van der Waals surface area contributed by atoms with Crippen LogP contribution in [-0.2, 0) is 20.9 Å². The Kier molecular flexibility index (Phi) is 8.02. The second-order valence-corrected chi connectivity index (χ2v) is 11.0. The molecule has 3 heterocycles. The van der Waals surface area contributed by atoms with Crippen molar-refractivity contribution < 1.29 is 19.4 Å². The molecule has 4 aromatic rings. The molecule has 1 aromatic heterocycles. The molecule has 2 aliphatic rings. The molecule has 41 heavy (non-hydrogen) atoms. The van der Waals surface area contributed by atoms with Crippen molar-refractivity contribution >= 4 is 22.6 Å². The van der Waals surface area contributed by atoms with Crippen LogP contribution in [0.1, 0.15) is 61.3 Å². The van der Waals surface area contributed by atoms with Gasteiger partial charge >= 0.3 is 5.69 Å². The minimum atomic E-state index is -0.551. The van der Waals surface area contributed by atoms with Crippen LogP contribution in [0.25, 0.3) is 11.0 Å². The van der Waals surface area contributed by atoms with Gasteiger partial charge in [0.25, 0.3) is 0 Å². The highest BCUT2D eigenvalue weighted by molar-refractivity contribution is 5.88. The van der Waals surface area contributed by atoms with E-state index in [4.69, 9.17) is 9.47 Å². The summed E-state index contributed by atoms with van der Waals surface area (Å²) >= 11 is 0. The Morgan fingerprint density at radius 3 is 2.39 bits per heavy atom. The number of nitrogens with zero attached hydrogens (tertiary/aromatic N) is 2. The summed E-state index contributed by atoms with van der Waals surface area (Å²) in [5.74, 6) is -0.118. The Labute approximate surface area is 238 Å². The molecule has 3 aromatic carbocycles. The van der Waals surface area contributed by atoms with Crippen molar-refractivity contribution in [1.82, 2.24) is 14.5 Å². The number of benzene rings is 3. The normalized spacial score (nSPS) is 22.1. The van der Waals surface area contributed by atoms with E-state index < -0.39 is 6.29 Å². The zero-order chi connectivity index (χ0) is 28.3. The van der Waals surface area contributed by atoms with Crippen LogP contribution in [0.5, 0.6) is 0 Å². The van der Waals surface area contributed by atoms with Gasteiger partial charge in [0.2, 0.25) is 5.91 Å². The predicted molar refractivity (Wildman–Crippen MR) is 156 cm³/mol. The summed E-state index contributed by atoms with van der Waals surface area (Å²) in [6, 6.07) is 23.5. The van der Waals surface area contributed by atoms with Crippen molar-refractivity contribution in [1.29, 1.82) is 0 Å². The third-order valence-electron chi connectivity index (χ3n) is 8.13. The second-order valence-electron chi connectivity index (χ2n) is 11.0. The van der Waals surface area contributed by atoms with Gasteiger partial charge < -0.3 is 29.8 Å². The first-order chi connectivity index (χ1) is 20.0. The van der Waals surface area contributed by atoms with Crippen LogP contribution in [0.4, 0.5) is 5.69 Å². The number of anilines is 1. The van der Waals surface area contributed by atoms with Crippen molar-refractivity contribution in [3.8, 4) is 0 Å². The highest BCUT2D eigenvalue weighted by Gasteiger charge is 2.34. The zero-order valence-electron chi connectivity index (χ0n) is 23.2. The SMILES string of the molecule is CC(=O)Nc1ccc([C@@H]2O[C@H](CN3CCC(n4c(=O)[nH]c5ccccc54)CC3)C[C@H](c3ccc(CO)cc3)O2)cc1. The van der Waals surface area contributed by atoms with Crippen molar-refractivity contribution in [3.05, 3.63) is 100.0 Å². The van der Waals surface area contributed by atoms with Gasteiger partial charge in [-0.25, -0.2) is 4.79 Å². The molecular formula is C32H36N4O5. The minimum absolute atomic E-state index is 0.00143. The van der Waals surface area contributed by atoms with Gasteiger partial charge in [-0.2, -0.15) is 0 Å². The number of aromatic amines is 1.